The van der Waals surface area contributed by atoms with Gasteiger partial charge in [0.05, 0.1) is 43.9 Å². The van der Waals surface area contributed by atoms with E-state index in [1.54, 1.807) is 106 Å². The van der Waals surface area contributed by atoms with Crippen LogP contribution in [0.1, 0.15) is 18.1 Å². The second-order valence-corrected chi connectivity index (χ2v) is 22.1. The number of benzene rings is 10. The van der Waals surface area contributed by atoms with E-state index < -0.39 is 0 Å². The molecule has 0 fully saturated rings. The lowest BCUT2D eigenvalue weighted by Crippen LogP contribution is -2.06. The molecule has 11 nitrogen and oxygen atoms in total. The number of methoxy groups -OCH3 is 3. The summed E-state index contributed by atoms with van der Waals surface area (Å²) < 4.78 is 18.4. The summed E-state index contributed by atoms with van der Waals surface area (Å²) in [6.45, 7) is 5.23. The van der Waals surface area contributed by atoms with Crippen molar-refractivity contribution in [2.45, 2.75) is 20.8 Å². The average molecular weight is 1240 g/mol. The molecule has 428 valence electrons. The van der Waals surface area contributed by atoms with Crippen LogP contribution in [0.4, 0.5) is 5.69 Å². The molecule has 1 amide bonds. The van der Waals surface area contributed by atoms with Crippen LogP contribution in [0.15, 0.2) is 193 Å². The molecule has 0 aliphatic heterocycles. The van der Waals surface area contributed by atoms with Crippen molar-refractivity contribution < 1.29 is 44.5 Å². The van der Waals surface area contributed by atoms with Crippen LogP contribution >= 0.6 is 39.1 Å². The van der Waals surface area contributed by atoms with Gasteiger partial charge in [0.2, 0.25) is 5.91 Å². The van der Waals surface area contributed by atoms with E-state index in [1.165, 1.54) is 6.92 Å². The number of amides is 1. The zero-order chi connectivity index (χ0) is 60.7. The molecular formula is C72H55BrCl2N2O9. The molecule has 0 aliphatic carbocycles. The van der Waals surface area contributed by atoms with Crippen LogP contribution in [0.3, 0.4) is 0 Å². The van der Waals surface area contributed by atoms with Crippen LogP contribution < -0.4 is 19.5 Å². The number of carbonyl (C=O) groups excluding carboxylic acids is 1. The van der Waals surface area contributed by atoms with Crippen LogP contribution in [-0.2, 0) is 4.79 Å². The second-order valence-electron chi connectivity index (χ2n) is 20.5. The fourth-order valence-electron chi connectivity index (χ4n) is 11.5. The highest BCUT2D eigenvalue weighted by atomic mass is 79.9. The van der Waals surface area contributed by atoms with E-state index in [0.717, 1.165) is 5.56 Å². The third kappa shape index (κ3) is 10.7. The first-order valence-corrected chi connectivity index (χ1v) is 28.7. The van der Waals surface area contributed by atoms with Gasteiger partial charge in [-0.1, -0.05) is 138 Å². The van der Waals surface area contributed by atoms with E-state index in [-0.39, 0.29) is 39.7 Å². The minimum atomic E-state index is -0.324. The van der Waals surface area contributed by atoms with Gasteiger partial charge in [0.1, 0.15) is 46.0 Å². The lowest BCUT2D eigenvalue weighted by molar-refractivity contribution is -0.114. The van der Waals surface area contributed by atoms with Gasteiger partial charge < -0.3 is 45.1 Å². The van der Waals surface area contributed by atoms with Crippen molar-refractivity contribution in [3.8, 4) is 157 Å². The Morgan fingerprint density at radius 2 is 1.05 bits per heavy atom. The number of rotatable bonds is 14. The summed E-state index contributed by atoms with van der Waals surface area (Å²) in [7, 11) is 4.68. The van der Waals surface area contributed by atoms with Crippen LogP contribution in [-0.4, -0.2) is 57.8 Å². The van der Waals surface area contributed by atoms with Gasteiger partial charge in [-0.15, -0.1) is 0 Å². The van der Waals surface area contributed by atoms with Gasteiger partial charge in [-0.2, -0.15) is 0 Å². The second kappa shape index (κ2) is 24.1. The van der Waals surface area contributed by atoms with Gasteiger partial charge in [-0.3, -0.25) is 9.78 Å². The number of carbonyl (C=O) groups is 1. The Hall–Kier alpha value is -9.72. The predicted octanol–water partition coefficient (Wildman–Crippen LogP) is 18.9. The molecule has 0 aliphatic rings. The van der Waals surface area contributed by atoms with Crippen molar-refractivity contribution in [3.63, 3.8) is 0 Å². The van der Waals surface area contributed by atoms with Crippen molar-refractivity contribution in [1.29, 1.82) is 0 Å². The number of anilines is 1. The normalized spacial score (nSPS) is 11.1. The first-order chi connectivity index (χ1) is 41.5. The van der Waals surface area contributed by atoms with Crippen LogP contribution in [0.2, 0.25) is 10.0 Å². The highest BCUT2D eigenvalue weighted by Gasteiger charge is 2.30. The summed E-state index contributed by atoms with van der Waals surface area (Å²) in [4.78, 5) is 17.8. The monoisotopic (exact) mass is 1240 g/mol. The Balaban J connectivity index is 1.16. The molecule has 0 atom stereocenters. The molecule has 0 spiro atoms. The molecule has 0 saturated carbocycles. The van der Waals surface area contributed by atoms with Gasteiger partial charge in [0.15, 0.2) is 0 Å². The number of nitrogens with zero attached hydrogens (tertiary/aromatic N) is 1. The Morgan fingerprint density at radius 3 is 1.70 bits per heavy atom. The topological polar surface area (TPSA) is 171 Å². The molecule has 1 aromatic heterocycles. The van der Waals surface area contributed by atoms with Crippen molar-refractivity contribution in [2.24, 2.45) is 0 Å². The molecule has 0 unspecified atom stereocenters. The summed E-state index contributed by atoms with van der Waals surface area (Å²) in [5, 5.41) is 62.7. The quantitative estimate of drug-likeness (QED) is 0.0616. The number of nitrogens with one attached hydrogen (secondary N) is 1. The maximum Gasteiger partial charge on any atom is 0.221 e. The minimum absolute atomic E-state index is 0.0223. The summed E-state index contributed by atoms with van der Waals surface area (Å²) in [5.41, 5.74) is 12.5. The average Bonchev–Trinajstić information content (AvgIpc) is 0.902. The fraction of sp³-hybridized carbons (Fsp3) is 0.0833. The predicted molar refractivity (Wildman–Crippen MR) is 348 cm³/mol. The van der Waals surface area contributed by atoms with Crippen LogP contribution in [0.25, 0.3) is 111 Å². The SMILES string of the molecule is COc1cc(OC)c(-c2cccc(O)c2)c(-c2c(O)cccc2-c2cccc(-c3ncc(NC(C)=O)cc3-c3cccc(-c4c(O)cccc4-c4cc(-c5cccc(C)c5OC)c(O)c(-c5cccc(O)c5)c4-c4cccc(Cl)c4C)c3Cl)c2Br)c1. The molecule has 10 aromatic carbocycles. The third-order valence-electron chi connectivity index (χ3n) is 15.3. The number of aryl methyl sites for hydroxylation is 1. The molecular weight excluding hydrogens is 1190 g/mol. The third-order valence-corrected chi connectivity index (χ3v) is 17.0. The number of phenolic OH excluding ortho intramolecular Hbond substituents is 5. The molecule has 0 saturated heterocycles. The standard InChI is InChI=1S/C72H55BrCl2N2O9/c1-38-15-7-25-52(72(38)86-6)57-36-55(67(47-20-12-28-59(74)39(47)2)64(71(57)83)42-17-9-19-45(80)32-42)49-22-14-29-60(81)65(49)53-26-11-24-51(69(53)75)56-33-43(77-40(3)78)37-76-70(56)54-27-10-23-50(68(54)73)48-21-13-30-61(82)66(48)58-34-46(84-4)35-62(85-5)63(58)41-16-8-18-44(79)31-41/h7-37,79-83H,1-6H3,(H,77,78). The smallest absolute Gasteiger partial charge is 0.221 e. The largest absolute Gasteiger partial charge is 0.508 e. The Bertz CT molecular complexity index is 4530. The summed E-state index contributed by atoms with van der Waals surface area (Å²) in [6.07, 6.45) is 1.57. The highest BCUT2D eigenvalue weighted by molar-refractivity contribution is 9.10. The van der Waals surface area contributed by atoms with Gasteiger partial charge in [-0.05, 0) is 141 Å². The molecule has 1 heterocycles. The molecule has 0 bridgehead atoms. The number of hydrogen-bond acceptors (Lipinski definition) is 10. The number of hydrogen-bond donors (Lipinski definition) is 6. The van der Waals surface area contributed by atoms with Crippen molar-refractivity contribution in [3.05, 3.63) is 214 Å². The van der Waals surface area contributed by atoms with E-state index in [9.17, 15) is 30.3 Å². The lowest BCUT2D eigenvalue weighted by atomic mass is 9.80. The Morgan fingerprint density at radius 1 is 0.488 bits per heavy atom. The zero-order valence-corrected chi connectivity index (χ0v) is 50.4. The molecule has 14 heteroatoms. The Labute approximate surface area is 515 Å². The number of aromatic hydroxyl groups is 5. The number of pyridine rings is 1. The Kier molecular flexibility index (Phi) is 16.3. The number of phenols is 5. The van der Waals surface area contributed by atoms with E-state index in [1.807, 2.05) is 117 Å². The van der Waals surface area contributed by atoms with Crippen molar-refractivity contribution in [2.75, 3.05) is 26.6 Å². The van der Waals surface area contributed by atoms with Gasteiger partial charge in [-0.25, -0.2) is 0 Å². The fourth-order valence-corrected chi connectivity index (χ4v) is 12.6. The van der Waals surface area contributed by atoms with E-state index in [4.69, 9.17) is 42.4 Å². The van der Waals surface area contributed by atoms with Crippen LogP contribution in [0, 0.1) is 13.8 Å². The van der Waals surface area contributed by atoms with Gasteiger partial charge >= 0.3 is 0 Å². The summed E-state index contributed by atoms with van der Waals surface area (Å²) in [5.74, 6) is 0.914. The number of ether oxygens (including phenoxy) is 3. The number of halogens is 3. The van der Waals surface area contributed by atoms with Crippen LogP contribution in [0.5, 0.6) is 46.0 Å². The van der Waals surface area contributed by atoms with E-state index in [0.29, 0.717) is 149 Å². The van der Waals surface area contributed by atoms with Gasteiger partial charge in [0.25, 0.3) is 0 Å². The maximum atomic E-state index is 12.9. The van der Waals surface area contributed by atoms with E-state index >= 15 is 0 Å². The van der Waals surface area contributed by atoms with Crippen molar-refractivity contribution >= 4 is 50.7 Å². The lowest BCUT2D eigenvalue weighted by Gasteiger charge is -2.25. The highest BCUT2D eigenvalue weighted by Crippen LogP contribution is 2.57. The molecule has 11 rings (SSSR count). The first-order valence-electron chi connectivity index (χ1n) is 27.2. The van der Waals surface area contributed by atoms with Crippen molar-refractivity contribution in [1.82, 2.24) is 4.98 Å². The molecule has 0 radical (unpaired) electrons. The zero-order valence-electron chi connectivity index (χ0n) is 47.3. The summed E-state index contributed by atoms with van der Waals surface area (Å²) >= 11 is 18.8. The number of aromatic nitrogens is 1. The minimum Gasteiger partial charge on any atom is -0.508 e. The maximum absolute atomic E-state index is 12.9. The summed E-state index contributed by atoms with van der Waals surface area (Å²) in [6, 6.07) is 53.6. The molecule has 6 N–H and O–H groups in total. The van der Waals surface area contributed by atoms with Gasteiger partial charge in [0, 0.05) is 89.2 Å². The first kappa shape index (κ1) is 58.1. The number of para-hydroxylation sites is 1. The molecule has 86 heavy (non-hydrogen) atoms. The molecule has 11 aromatic rings. The van der Waals surface area contributed by atoms with E-state index in [2.05, 4.69) is 21.2 Å².